The van der Waals surface area contributed by atoms with Gasteiger partial charge in [-0.05, 0) is 36.6 Å². The lowest BCUT2D eigenvalue weighted by Gasteiger charge is -2.11. The number of benzene rings is 1. The Balaban J connectivity index is 0.00000156. The van der Waals surface area contributed by atoms with Crippen molar-refractivity contribution in [2.24, 2.45) is 0 Å². The van der Waals surface area contributed by atoms with Crippen LogP contribution in [0.25, 0.3) is 0 Å². The molecule has 0 radical (unpaired) electrons. The maximum Gasteiger partial charge on any atom is 0.251 e. The summed E-state index contributed by atoms with van der Waals surface area (Å²) in [5.41, 5.74) is 2.00. The third-order valence-corrected chi connectivity index (χ3v) is 4.44. The first-order valence-electron chi connectivity index (χ1n) is 8.37. The maximum atomic E-state index is 12.3. The standard InChI is InChI=1S/C18H24N4O.2ClH/c1-2-17-20-8-10-22(17)11-9-21-18(23)15-5-3-4-14(12-15)16-6-7-19-13-16;;/h3-5,8,10,12,16,19H,2,6-7,9,11,13H2,1H3,(H,21,23);2*1H. The average Bonchev–Trinajstić information content (AvgIpc) is 3.26. The number of imidazole rings is 1. The van der Waals surface area contributed by atoms with E-state index in [0.29, 0.717) is 12.5 Å². The van der Waals surface area contributed by atoms with Crippen LogP contribution in [0, 0.1) is 0 Å². The van der Waals surface area contributed by atoms with Crippen LogP contribution >= 0.6 is 24.8 Å². The lowest BCUT2D eigenvalue weighted by Crippen LogP contribution is -2.27. The molecule has 0 bridgehead atoms. The highest BCUT2D eigenvalue weighted by molar-refractivity contribution is 5.94. The van der Waals surface area contributed by atoms with Crippen LogP contribution in [0.15, 0.2) is 36.7 Å². The van der Waals surface area contributed by atoms with Gasteiger partial charge >= 0.3 is 0 Å². The summed E-state index contributed by atoms with van der Waals surface area (Å²) in [4.78, 5) is 16.6. The quantitative estimate of drug-likeness (QED) is 0.804. The van der Waals surface area contributed by atoms with Gasteiger partial charge in [-0.2, -0.15) is 0 Å². The van der Waals surface area contributed by atoms with Gasteiger partial charge in [0.25, 0.3) is 5.91 Å². The van der Waals surface area contributed by atoms with E-state index < -0.39 is 0 Å². The van der Waals surface area contributed by atoms with Crippen molar-refractivity contribution in [1.29, 1.82) is 0 Å². The van der Waals surface area contributed by atoms with Crippen molar-refractivity contribution in [3.63, 3.8) is 0 Å². The predicted octanol–water partition coefficient (Wildman–Crippen LogP) is 2.80. The summed E-state index contributed by atoms with van der Waals surface area (Å²) in [6, 6.07) is 8.01. The molecule has 1 aliphatic rings. The van der Waals surface area contributed by atoms with Crippen molar-refractivity contribution in [1.82, 2.24) is 20.2 Å². The van der Waals surface area contributed by atoms with Gasteiger partial charge in [-0.3, -0.25) is 4.79 Å². The zero-order chi connectivity index (χ0) is 16.1. The molecule has 1 atom stereocenters. The van der Waals surface area contributed by atoms with Crippen LogP contribution in [0.4, 0.5) is 0 Å². The van der Waals surface area contributed by atoms with Crippen molar-refractivity contribution in [2.75, 3.05) is 19.6 Å². The molecule has 1 unspecified atom stereocenters. The molecule has 5 nitrogen and oxygen atoms in total. The Morgan fingerprint density at radius 1 is 1.40 bits per heavy atom. The van der Waals surface area contributed by atoms with Crippen LogP contribution in [0.2, 0.25) is 0 Å². The second-order valence-corrected chi connectivity index (χ2v) is 5.96. The number of aromatic nitrogens is 2. The normalized spacial score (nSPS) is 16.0. The summed E-state index contributed by atoms with van der Waals surface area (Å²) in [5, 5.41) is 6.37. The topological polar surface area (TPSA) is 59.0 Å². The molecule has 1 amide bonds. The lowest BCUT2D eigenvalue weighted by molar-refractivity contribution is 0.0952. The van der Waals surface area contributed by atoms with E-state index in [-0.39, 0.29) is 30.7 Å². The summed E-state index contributed by atoms with van der Waals surface area (Å²) >= 11 is 0. The molecule has 0 saturated carbocycles. The van der Waals surface area contributed by atoms with Gasteiger partial charge in [0.2, 0.25) is 0 Å². The number of hydrogen-bond donors (Lipinski definition) is 2. The molecule has 138 valence electrons. The van der Waals surface area contributed by atoms with Gasteiger partial charge in [-0.1, -0.05) is 19.1 Å². The smallest absolute Gasteiger partial charge is 0.251 e. The van der Waals surface area contributed by atoms with E-state index >= 15 is 0 Å². The molecule has 1 saturated heterocycles. The first kappa shape index (κ1) is 21.5. The number of aryl methyl sites for hydroxylation is 1. The SMILES string of the molecule is CCc1nccn1CCNC(=O)c1cccc(C2CCNC2)c1.Cl.Cl. The largest absolute Gasteiger partial charge is 0.350 e. The van der Waals surface area contributed by atoms with Gasteiger partial charge < -0.3 is 15.2 Å². The van der Waals surface area contributed by atoms with Gasteiger partial charge in [-0.15, -0.1) is 24.8 Å². The Kier molecular flexibility index (Phi) is 8.97. The van der Waals surface area contributed by atoms with Crippen LogP contribution in [-0.2, 0) is 13.0 Å². The van der Waals surface area contributed by atoms with E-state index in [9.17, 15) is 4.79 Å². The van der Waals surface area contributed by atoms with Crippen molar-refractivity contribution in [2.45, 2.75) is 32.2 Å². The minimum absolute atomic E-state index is 0. The van der Waals surface area contributed by atoms with Crippen LogP contribution in [-0.4, -0.2) is 35.1 Å². The number of carbonyl (C=O) groups excluding carboxylic acids is 1. The van der Waals surface area contributed by atoms with Crippen LogP contribution in [0.5, 0.6) is 0 Å². The van der Waals surface area contributed by atoms with E-state index in [1.54, 1.807) is 6.20 Å². The van der Waals surface area contributed by atoms with Crippen molar-refractivity contribution in [3.05, 3.63) is 53.6 Å². The van der Waals surface area contributed by atoms with Gasteiger partial charge in [0.1, 0.15) is 5.82 Å². The fourth-order valence-corrected chi connectivity index (χ4v) is 3.12. The van der Waals surface area contributed by atoms with Crippen LogP contribution in [0.1, 0.15) is 41.0 Å². The maximum absolute atomic E-state index is 12.3. The van der Waals surface area contributed by atoms with Gasteiger partial charge in [-0.25, -0.2) is 4.98 Å². The minimum Gasteiger partial charge on any atom is -0.350 e. The monoisotopic (exact) mass is 384 g/mol. The first-order valence-corrected chi connectivity index (χ1v) is 8.37. The molecule has 1 fully saturated rings. The molecule has 3 rings (SSSR count). The highest BCUT2D eigenvalue weighted by atomic mass is 35.5. The van der Waals surface area contributed by atoms with Gasteiger partial charge in [0.15, 0.2) is 0 Å². The Bertz CT molecular complexity index is 669. The van der Waals surface area contributed by atoms with Gasteiger partial charge in [0.05, 0.1) is 0 Å². The van der Waals surface area contributed by atoms with Crippen molar-refractivity contribution >= 4 is 30.7 Å². The molecule has 0 aliphatic carbocycles. The zero-order valence-electron chi connectivity index (χ0n) is 14.4. The van der Waals surface area contributed by atoms with Crippen molar-refractivity contribution < 1.29 is 4.79 Å². The molecule has 1 aromatic heterocycles. The van der Waals surface area contributed by atoms with E-state index in [4.69, 9.17) is 0 Å². The molecular weight excluding hydrogens is 359 g/mol. The van der Waals surface area contributed by atoms with E-state index in [1.165, 1.54) is 5.56 Å². The highest BCUT2D eigenvalue weighted by Crippen LogP contribution is 2.22. The van der Waals surface area contributed by atoms with E-state index in [1.807, 2.05) is 24.4 Å². The number of nitrogens with one attached hydrogen (secondary N) is 2. The van der Waals surface area contributed by atoms with Gasteiger partial charge in [0, 0.05) is 44.0 Å². The lowest BCUT2D eigenvalue weighted by atomic mass is 9.96. The predicted molar refractivity (Wildman–Crippen MR) is 105 cm³/mol. The minimum atomic E-state index is -0.00373. The Morgan fingerprint density at radius 2 is 2.24 bits per heavy atom. The number of rotatable bonds is 6. The third kappa shape index (κ3) is 5.46. The summed E-state index contributed by atoms with van der Waals surface area (Å²) in [5.74, 6) is 1.58. The molecular formula is C18H26Cl2N4O. The van der Waals surface area contributed by atoms with E-state index in [0.717, 1.165) is 43.9 Å². The van der Waals surface area contributed by atoms with E-state index in [2.05, 4.69) is 33.2 Å². The molecule has 2 N–H and O–H groups in total. The molecule has 2 heterocycles. The number of amides is 1. The number of carbonyl (C=O) groups is 1. The number of halogens is 2. The Hall–Kier alpha value is -1.56. The van der Waals surface area contributed by atoms with Crippen LogP contribution in [0.3, 0.4) is 0 Å². The third-order valence-electron chi connectivity index (χ3n) is 4.44. The summed E-state index contributed by atoms with van der Waals surface area (Å²) in [6.07, 6.45) is 5.81. The molecule has 25 heavy (non-hydrogen) atoms. The fourth-order valence-electron chi connectivity index (χ4n) is 3.12. The fraction of sp³-hybridized carbons (Fsp3) is 0.444. The first-order chi connectivity index (χ1) is 11.3. The molecule has 1 aliphatic heterocycles. The summed E-state index contributed by atoms with van der Waals surface area (Å²) in [6.45, 7) is 5.51. The van der Waals surface area contributed by atoms with Crippen molar-refractivity contribution in [3.8, 4) is 0 Å². The molecule has 2 aromatic rings. The number of hydrogen-bond acceptors (Lipinski definition) is 3. The summed E-state index contributed by atoms with van der Waals surface area (Å²) < 4.78 is 2.08. The van der Waals surface area contributed by atoms with Crippen LogP contribution < -0.4 is 10.6 Å². The molecule has 0 spiro atoms. The molecule has 1 aromatic carbocycles. The molecule has 7 heteroatoms. The number of nitrogens with zero attached hydrogens (tertiary/aromatic N) is 2. The Morgan fingerprint density at radius 3 is 2.96 bits per heavy atom. The highest BCUT2D eigenvalue weighted by Gasteiger charge is 2.17. The Labute approximate surface area is 161 Å². The zero-order valence-corrected chi connectivity index (χ0v) is 16.0. The second kappa shape index (κ2) is 10.4. The average molecular weight is 385 g/mol. The second-order valence-electron chi connectivity index (χ2n) is 5.96. The summed E-state index contributed by atoms with van der Waals surface area (Å²) in [7, 11) is 0.